The highest BCUT2D eigenvalue weighted by Gasteiger charge is 2.35. The second kappa shape index (κ2) is 2.80. The van der Waals surface area contributed by atoms with Crippen molar-refractivity contribution in [2.75, 3.05) is 0 Å². The fourth-order valence-corrected chi connectivity index (χ4v) is 1.73. The van der Waals surface area contributed by atoms with Gasteiger partial charge in [0.15, 0.2) is 5.25 Å². The van der Waals surface area contributed by atoms with E-state index in [9.17, 15) is 8.42 Å². The summed E-state index contributed by atoms with van der Waals surface area (Å²) in [6, 6.07) is 1.54. The van der Waals surface area contributed by atoms with Gasteiger partial charge in [-0.05, 0) is 5.41 Å². The summed E-state index contributed by atoms with van der Waals surface area (Å²) in [6.45, 7) is 4.73. The smallest absolute Gasteiger partial charge is 0.281 e. The lowest BCUT2D eigenvalue weighted by atomic mass is 9.93. The molecule has 0 aromatic carbocycles. The molecule has 0 spiro atoms. The molecule has 0 rings (SSSR count). The van der Waals surface area contributed by atoms with Gasteiger partial charge in [0, 0.05) is 0 Å². The number of hydrogen-bond donors (Lipinski definition) is 1. The summed E-state index contributed by atoms with van der Waals surface area (Å²) in [5.41, 5.74) is -0.748. The topological polar surface area (TPSA) is 78.2 Å². The Balaban J connectivity index is 4.92. The van der Waals surface area contributed by atoms with Crippen LogP contribution in [0.3, 0.4) is 0 Å². The Morgan fingerprint density at radius 3 is 1.82 bits per heavy atom. The molecule has 1 atom stereocenters. The molecule has 1 N–H and O–H groups in total. The molecule has 0 saturated carbocycles. The first-order valence-electron chi connectivity index (χ1n) is 3.05. The average Bonchev–Trinajstić information content (AvgIpc) is 1.56. The summed E-state index contributed by atoms with van der Waals surface area (Å²) in [5, 5.41) is 7.06. The van der Waals surface area contributed by atoms with Crippen LogP contribution in [0.1, 0.15) is 20.8 Å². The number of nitrogens with zero attached hydrogens (tertiary/aromatic N) is 1. The predicted molar refractivity (Wildman–Crippen MR) is 40.4 cm³/mol. The fraction of sp³-hybridized carbons (Fsp3) is 0.833. The second-order valence-electron chi connectivity index (χ2n) is 3.39. The first kappa shape index (κ1) is 10.4. The van der Waals surface area contributed by atoms with E-state index in [2.05, 4.69) is 0 Å². The van der Waals surface area contributed by atoms with Crippen LogP contribution in [0.4, 0.5) is 0 Å². The molecule has 0 fully saturated rings. The average molecular weight is 177 g/mol. The minimum atomic E-state index is -4.23. The van der Waals surface area contributed by atoms with Gasteiger partial charge in [0.25, 0.3) is 10.1 Å². The summed E-state index contributed by atoms with van der Waals surface area (Å²) in [4.78, 5) is 0. The van der Waals surface area contributed by atoms with E-state index in [1.807, 2.05) is 0 Å². The normalized spacial score (nSPS) is 15.5. The van der Waals surface area contributed by atoms with Gasteiger partial charge in [0.1, 0.15) is 0 Å². The van der Waals surface area contributed by atoms with Crippen molar-refractivity contribution in [2.24, 2.45) is 5.41 Å². The third-order valence-corrected chi connectivity index (χ3v) is 2.61. The van der Waals surface area contributed by atoms with Crippen LogP contribution >= 0.6 is 0 Å². The van der Waals surface area contributed by atoms with Crippen molar-refractivity contribution < 1.29 is 13.0 Å². The monoisotopic (exact) mass is 177 g/mol. The maximum absolute atomic E-state index is 10.5. The molecule has 0 heterocycles. The van der Waals surface area contributed by atoms with E-state index in [1.54, 1.807) is 26.8 Å². The number of rotatable bonds is 1. The van der Waals surface area contributed by atoms with Crippen molar-refractivity contribution in [3.8, 4) is 6.07 Å². The van der Waals surface area contributed by atoms with Gasteiger partial charge in [0.05, 0.1) is 6.07 Å². The van der Waals surface area contributed by atoms with E-state index < -0.39 is 20.8 Å². The molecule has 11 heavy (non-hydrogen) atoms. The first-order chi connectivity index (χ1) is 4.69. The van der Waals surface area contributed by atoms with E-state index in [0.717, 1.165) is 0 Å². The van der Waals surface area contributed by atoms with Crippen LogP contribution in [0.2, 0.25) is 0 Å². The van der Waals surface area contributed by atoms with Crippen molar-refractivity contribution in [1.82, 2.24) is 0 Å². The number of hydrogen-bond acceptors (Lipinski definition) is 3. The van der Waals surface area contributed by atoms with Crippen LogP contribution in [0.25, 0.3) is 0 Å². The lowest BCUT2D eigenvalue weighted by molar-refractivity contribution is 0.386. The zero-order valence-electron chi connectivity index (χ0n) is 6.70. The van der Waals surface area contributed by atoms with Crippen LogP contribution in [0.15, 0.2) is 0 Å². The van der Waals surface area contributed by atoms with Gasteiger partial charge >= 0.3 is 0 Å². The predicted octanol–water partition coefficient (Wildman–Crippen LogP) is 0.812. The highest BCUT2D eigenvalue weighted by atomic mass is 32.2. The largest absolute Gasteiger partial charge is 0.285 e. The van der Waals surface area contributed by atoms with Crippen molar-refractivity contribution in [3.63, 3.8) is 0 Å². The van der Waals surface area contributed by atoms with Gasteiger partial charge in [-0.15, -0.1) is 0 Å². The molecular weight excluding hydrogens is 166 g/mol. The lowest BCUT2D eigenvalue weighted by Gasteiger charge is -2.21. The molecule has 0 unspecified atom stereocenters. The summed E-state index contributed by atoms with van der Waals surface area (Å²) in [5.74, 6) is 0. The van der Waals surface area contributed by atoms with Crippen LogP contribution in [-0.2, 0) is 10.1 Å². The van der Waals surface area contributed by atoms with Gasteiger partial charge in [-0.1, -0.05) is 20.8 Å². The number of nitriles is 1. The molecule has 0 bridgehead atoms. The highest BCUT2D eigenvalue weighted by molar-refractivity contribution is 7.86. The van der Waals surface area contributed by atoms with Gasteiger partial charge in [-0.2, -0.15) is 13.7 Å². The van der Waals surface area contributed by atoms with Gasteiger partial charge in [-0.25, -0.2) is 0 Å². The van der Waals surface area contributed by atoms with E-state index >= 15 is 0 Å². The lowest BCUT2D eigenvalue weighted by Crippen LogP contribution is -2.32. The SMILES string of the molecule is CC(C)(C)[C@H](C#N)S(=O)(=O)O. The maximum Gasteiger partial charge on any atom is 0.281 e. The quantitative estimate of drug-likeness (QED) is 0.601. The molecule has 0 aliphatic heterocycles. The fourth-order valence-electron chi connectivity index (χ4n) is 0.707. The maximum atomic E-state index is 10.5. The molecule has 5 heteroatoms. The van der Waals surface area contributed by atoms with E-state index in [1.165, 1.54) is 0 Å². The van der Waals surface area contributed by atoms with Crippen LogP contribution in [-0.4, -0.2) is 18.2 Å². The van der Waals surface area contributed by atoms with Crippen LogP contribution < -0.4 is 0 Å². The van der Waals surface area contributed by atoms with E-state index in [0.29, 0.717) is 0 Å². The van der Waals surface area contributed by atoms with Crippen LogP contribution in [0, 0.1) is 16.7 Å². The first-order valence-corrected chi connectivity index (χ1v) is 4.56. The van der Waals surface area contributed by atoms with Gasteiger partial charge < -0.3 is 0 Å². The molecule has 0 aromatic heterocycles. The molecule has 0 aliphatic rings. The Morgan fingerprint density at radius 1 is 1.45 bits per heavy atom. The minimum absolute atomic E-state index is 0.748. The third kappa shape index (κ3) is 2.87. The standard InChI is InChI=1S/C6H11NO3S/c1-6(2,3)5(4-7)11(8,9)10/h5H,1-3H3,(H,8,9,10)/t5-/m0/s1. The van der Waals surface area contributed by atoms with Crippen LogP contribution in [0.5, 0.6) is 0 Å². The zero-order valence-corrected chi connectivity index (χ0v) is 7.51. The molecule has 0 amide bonds. The Morgan fingerprint density at radius 2 is 1.82 bits per heavy atom. The molecule has 0 saturated heterocycles. The van der Waals surface area contributed by atoms with Gasteiger partial charge in [0.2, 0.25) is 0 Å². The Bertz CT molecular complexity index is 267. The summed E-state index contributed by atoms with van der Waals surface area (Å²) < 4.78 is 29.6. The molecule has 0 aromatic rings. The van der Waals surface area contributed by atoms with E-state index in [-0.39, 0.29) is 0 Å². The molecule has 0 aliphatic carbocycles. The van der Waals surface area contributed by atoms with Gasteiger partial charge in [-0.3, -0.25) is 4.55 Å². The van der Waals surface area contributed by atoms with Crippen molar-refractivity contribution in [3.05, 3.63) is 0 Å². The van der Waals surface area contributed by atoms with Crippen molar-refractivity contribution >= 4 is 10.1 Å². The highest BCUT2D eigenvalue weighted by Crippen LogP contribution is 2.23. The zero-order chi connectivity index (χ0) is 9.28. The molecule has 64 valence electrons. The summed E-state index contributed by atoms with van der Waals surface area (Å²) >= 11 is 0. The molecule has 0 radical (unpaired) electrons. The minimum Gasteiger partial charge on any atom is -0.285 e. The summed E-state index contributed by atoms with van der Waals surface area (Å²) in [7, 11) is -4.23. The second-order valence-corrected chi connectivity index (χ2v) is 4.89. The Labute approximate surface area is 66.6 Å². The molecule has 4 nitrogen and oxygen atoms in total. The molecular formula is C6H11NO3S. The van der Waals surface area contributed by atoms with Crippen molar-refractivity contribution in [1.29, 1.82) is 5.26 Å². The Kier molecular flexibility index (Phi) is 2.64. The third-order valence-electron chi connectivity index (χ3n) is 1.20. The van der Waals surface area contributed by atoms with E-state index in [4.69, 9.17) is 9.81 Å². The summed E-state index contributed by atoms with van der Waals surface area (Å²) in [6.07, 6.45) is 0. The Hall–Kier alpha value is -0.600. The van der Waals surface area contributed by atoms with Crippen molar-refractivity contribution in [2.45, 2.75) is 26.0 Å².